The first-order valence-electron chi connectivity index (χ1n) is 12.2. The summed E-state index contributed by atoms with van der Waals surface area (Å²) in [4.78, 5) is 57.2. The van der Waals surface area contributed by atoms with Crippen molar-refractivity contribution < 1.29 is 28.7 Å². The third-order valence-corrected chi connectivity index (χ3v) is 9.00. The highest BCUT2D eigenvalue weighted by Crippen LogP contribution is 2.68. The van der Waals surface area contributed by atoms with Crippen molar-refractivity contribution in [1.29, 1.82) is 0 Å². The van der Waals surface area contributed by atoms with Gasteiger partial charge in [0.05, 0.1) is 49.3 Å². The van der Waals surface area contributed by atoms with Gasteiger partial charge in [-0.3, -0.25) is 19.2 Å². The molecule has 2 aromatic rings. The molecule has 4 amide bonds. The first kappa shape index (κ1) is 21.4. The molecule has 6 aliphatic rings. The van der Waals surface area contributed by atoms with Crippen LogP contribution in [0, 0.1) is 47.3 Å². The Morgan fingerprint density at radius 3 is 1.31 bits per heavy atom. The van der Waals surface area contributed by atoms with Crippen LogP contribution < -0.4 is 19.3 Å². The fourth-order valence-corrected chi connectivity index (χ4v) is 7.70. The number of hydrogen-bond donors (Lipinski definition) is 0. The lowest BCUT2D eigenvalue weighted by Crippen LogP contribution is -2.63. The molecule has 8 atom stereocenters. The van der Waals surface area contributed by atoms with Crippen molar-refractivity contribution in [1.82, 2.24) is 0 Å². The Morgan fingerprint density at radius 2 is 0.917 bits per heavy atom. The number of methoxy groups -OCH3 is 2. The number of ether oxygens (including phenoxy) is 2. The Kier molecular flexibility index (Phi) is 4.32. The molecule has 2 bridgehead atoms. The van der Waals surface area contributed by atoms with Crippen molar-refractivity contribution >= 4 is 35.0 Å². The highest BCUT2D eigenvalue weighted by molar-refractivity contribution is 6.25. The zero-order valence-electron chi connectivity index (χ0n) is 19.7. The van der Waals surface area contributed by atoms with Gasteiger partial charge in [-0.05, 0) is 47.9 Å². The molecular formula is C28H24N2O6. The molecule has 4 fully saturated rings. The van der Waals surface area contributed by atoms with E-state index < -0.39 is 23.7 Å². The van der Waals surface area contributed by atoms with Gasteiger partial charge in [0.1, 0.15) is 11.5 Å². The SMILES string of the molecule is COc1ccccc1N1C(=O)[C@@H]2[C@@H]3C=C[C@H]([C@@H]2C1=O)[C@H]1[C@@H]2C(=O)N(c4ccccc4OC)C(=O)[C@@H]2[C@@H]31. The summed E-state index contributed by atoms with van der Waals surface area (Å²) in [5.74, 6) is -2.97. The lowest BCUT2D eigenvalue weighted by molar-refractivity contribution is -0.166. The fraction of sp³-hybridized carbons (Fsp3) is 0.357. The predicted octanol–water partition coefficient (Wildman–Crippen LogP) is 2.68. The highest BCUT2D eigenvalue weighted by atomic mass is 16.5. The summed E-state index contributed by atoms with van der Waals surface area (Å²) < 4.78 is 10.8. The predicted molar refractivity (Wildman–Crippen MR) is 128 cm³/mol. The summed E-state index contributed by atoms with van der Waals surface area (Å²) in [7, 11) is 3.02. The lowest BCUT2D eigenvalue weighted by atomic mass is 9.40. The van der Waals surface area contributed by atoms with E-state index in [2.05, 4.69) is 0 Å². The maximum Gasteiger partial charge on any atom is 0.238 e. The van der Waals surface area contributed by atoms with Crippen LogP contribution in [0.25, 0.3) is 0 Å². The molecule has 0 N–H and O–H groups in total. The van der Waals surface area contributed by atoms with E-state index >= 15 is 0 Å². The van der Waals surface area contributed by atoms with Crippen LogP contribution in [0.4, 0.5) is 11.4 Å². The zero-order chi connectivity index (χ0) is 24.9. The molecule has 8 nitrogen and oxygen atoms in total. The van der Waals surface area contributed by atoms with Gasteiger partial charge in [-0.2, -0.15) is 0 Å². The molecule has 0 aromatic heterocycles. The van der Waals surface area contributed by atoms with E-state index in [1.54, 1.807) is 48.5 Å². The number of nitrogens with zero attached hydrogens (tertiary/aromatic N) is 2. The molecule has 2 saturated heterocycles. The summed E-state index contributed by atoms with van der Waals surface area (Å²) >= 11 is 0. The van der Waals surface area contributed by atoms with E-state index in [1.165, 1.54) is 24.0 Å². The van der Waals surface area contributed by atoms with Gasteiger partial charge in [0.15, 0.2) is 0 Å². The van der Waals surface area contributed by atoms with E-state index in [0.717, 1.165) is 0 Å². The minimum Gasteiger partial charge on any atom is -0.495 e. The van der Waals surface area contributed by atoms with E-state index in [9.17, 15) is 19.2 Å². The first-order chi connectivity index (χ1) is 17.5. The molecule has 8 heteroatoms. The highest BCUT2D eigenvalue weighted by Gasteiger charge is 2.75. The summed E-state index contributed by atoms with van der Waals surface area (Å²) in [6.07, 6.45) is 4.01. The molecule has 36 heavy (non-hydrogen) atoms. The number of rotatable bonds is 4. The average molecular weight is 485 g/mol. The van der Waals surface area contributed by atoms with E-state index in [-0.39, 0.29) is 47.3 Å². The minimum atomic E-state index is -0.539. The Hall–Kier alpha value is -3.94. The number of para-hydroxylation sites is 4. The molecule has 2 saturated carbocycles. The van der Waals surface area contributed by atoms with Gasteiger partial charge in [-0.1, -0.05) is 36.4 Å². The van der Waals surface area contributed by atoms with Crippen LogP contribution in [0.3, 0.4) is 0 Å². The van der Waals surface area contributed by atoms with Crippen LogP contribution in [-0.4, -0.2) is 37.8 Å². The second kappa shape index (κ2) is 7.29. The topological polar surface area (TPSA) is 93.2 Å². The molecule has 2 aliphatic heterocycles. The van der Waals surface area contributed by atoms with Crippen molar-refractivity contribution in [3.8, 4) is 11.5 Å². The molecule has 4 aliphatic carbocycles. The van der Waals surface area contributed by atoms with Gasteiger partial charge >= 0.3 is 0 Å². The molecule has 0 unspecified atom stereocenters. The van der Waals surface area contributed by atoms with Crippen molar-refractivity contribution in [2.75, 3.05) is 24.0 Å². The van der Waals surface area contributed by atoms with Crippen LogP contribution >= 0.6 is 0 Å². The molecule has 0 radical (unpaired) electrons. The molecule has 2 heterocycles. The van der Waals surface area contributed by atoms with Crippen LogP contribution in [0.1, 0.15) is 0 Å². The van der Waals surface area contributed by atoms with Crippen molar-refractivity contribution in [2.45, 2.75) is 0 Å². The van der Waals surface area contributed by atoms with Crippen molar-refractivity contribution in [2.24, 2.45) is 47.3 Å². The second-order valence-corrected chi connectivity index (χ2v) is 10.2. The monoisotopic (exact) mass is 484 g/mol. The third-order valence-electron chi connectivity index (χ3n) is 9.00. The summed E-state index contributed by atoms with van der Waals surface area (Å²) in [6, 6.07) is 14.0. The average Bonchev–Trinajstić information content (AvgIpc) is 3.27. The Morgan fingerprint density at radius 1 is 0.556 bits per heavy atom. The van der Waals surface area contributed by atoms with E-state index in [4.69, 9.17) is 9.47 Å². The van der Waals surface area contributed by atoms with E-state index in [0.29, 0.717) is 22.9 Å². The minimum absolute atomic E-state index is 0.142. The van der Waals surface area contributed by atoms with Gasteiger partial charge in [-0.25, -0.2) is 9.80 Å². The molecule has 2 aromatic carbocycles. The Bertz CT molecular complexity index is 1330. The largest absolute Gasteiger partial charge is 0.495 e. The first-order valence-corrected chi connectivity index (χ1v) is 12.2. The van der Waals surface area contributed by atoms with Crippen LogP contribution in [0.2, 0.25) is 0 Å². The normalized spacial score (nSPS) is 35.5. The zero-order valence-corrected chi connectivity index (χ0v) is 19.7. The van der Waals surface area contributed by atoms with Crippen molar-refractivity contribution in [3.05, 3.63) is 60.7 Å². The smallest absolute Gasteiger partial charge is 0.238 e. The van der Waals surface area contributed by atoms with E-state index in [1.807, 2.05) is 12.2 Å². The van der Waals surface area contributed by atoms with Gasteiger partial charge in [0.2, 0.25) is 23.6 Å². The lowest BCUT2D eigenvalue weighted by Gasteiger charge is -2.60. The van der Waals surface area contributed by atoms with Crippen LogP contribution in [-0.2, 0) is 19.2 Å². The number of imide groups is 2. The number of hydrogen-bond acceptors (Lipinski definition) is 6. The standard InChI is InChI=1S/C28H24N2O6/c1-35-17-9-5-3-7-15(17)29-25(31)21-13-11-12-14(22(21)26(29)32)20-19(13)23-24(20)28(34)30(27(23)33)16-8-4-6-10-18(16)36-2/h3-14,19-24H,1-2H3/t13-,14+,19+,20-,21-,22+,23-,24+. The second-order valence-electron chi connectivity index (χ2n) is 10.2. The Labute approximate surface area is 207 Å². The van der Waals surface area contributed by atoms with Crippen LogP contribution in [0.5, 0.6) is 11.5 Å². The van der Waals surface area contributed by atoms with Gasteiger partial charge in [0.25, 0.3) is 0 Å². The maximum absolute atomic E-state index is 13.7. The Balaban J connectivity index is 1.26. The fourth-order valence-electron chi connectivity index (χ4n) is 7.70. The molecule has 8 rings (SSSR count). The number of fused-ring (bicyclic) bond motifs is 1. The molecule has 182 valence electrons. The number of amides is 4. The summed E-state index contributed by atoms with van der Waals surface area (Å²) in [5, 5.41) is 0. The molecule has 0 spiro atoms. The summed E-state index contributed by atoms with van der Waals surface area (Å²) in [6.45, 7) is 0. The maximum atomic E-state index is 13.7. The van der Waals surface area contributed by atoms with Gasteiger partial charge in [-0.15, -0.1) is 0 Å². The quantitative estimate of drug-likeness (QED) is 0.489. The number of allylic oxidation sites excluding steroid dienone is 2. The number of benzene rings is 2. The summed E-state index contributed by atoms with van der Waals surface area (Å²) in [5.41, 5.74) is 0.877. The number of carbonyl (C=O) groups excluding carboxylic acids is 4. The van der Waals surface area contributed by atoms with Crippen molar-refractivity contribution in [3.63, 3.8) is 0 Å². The van der Waals surface area contributed by atoms with Crippen LogP contribution in [0.15, 0.2) is 60.7 Å². The third kappa shape index (κ3) is 2.39. The molecular weight excluding hydrogens is 460 g/mol. The number of carbonyl (C=O) groups is 4. The number of anilines is 2. The van der Waals surface area contributed by atoms with Gasteiger partial charge in [0, 0.05) is 0 Å². The van der Waals surface area contributed by atoms with Gasteiger partial charge < -0.3 is 9.47 Å².